The van der Waals surface area contributed by atoms with Crippen molar-refractivity contribution >= 4 is 34.9 Å². The lowest BCUT2D eigenvalue weighted by Crippen LogP contribution is -2.39. The quantitative estimate of drug-likeness (QED) is 0.637. The number of amides is 1. The van der Waals surface area contributed by atoms with E-state index in [1.807, 2.05) is 6.92 Å². The van der Waals surface area contributed by atoms with Crippen LogP contribution in [-0.2, 0) is 4.79 Å². The molecule has 2 rings (SSSR count). The van der Waals surface area contributed by atoms with Crippen LogP contribution in [-0.4, -0.2) is 28.5 Å². The molecule has 1 aliphatic rings. The number of anilines is 1. The van der Waals surface area contributed by atoms with Crippen molar-refractivity contribution in [2.75, 3.05) is 11.9 Å². The first-order chi connectivity index (χ1) is 8.06. The number of hydrogen-bond acceptors (Lipinski definition) is 4. The van der Waals surface area contributed by atoms with Crippen LogP contribution in [0, 0.1) is 5.92 Å². The van der Waals surface area contributed by atoms with Crippen molar-refractivity contribution in [3.63, 3.8) is 0 Å². The van der Waals surface area contributed by atoms with Crippen LogP contribution in [0.5, 0.6) is 0 Å². The van der Waals surface area contributed by atoms with E-state index in [1.54, 1.807) is 0 Å². The predicted molar refractivity (Wildman–Crippen MR) is 66.3 cm³/mol. The third-order valence-electron chi connectivity index (χ3n) is 2.73. The number of hydrogen-bond donors (Lipinski definition) is 2. The summed E-state index contributed by atoms with van der Waals surface area (Å²) in [6.45, 7) is 2.88. The summed E-state index contributed by atoms with van der Waals surface area (Å²) < 4.78 is 0. The molecule has 1 aromatic rings. The molecule has 0 radical (unpaired) electrons. The van der Waals surface area contributed by atoms with E-state index < -0.39 is 0 Å². The normalized spacial score (nSPS) is 23.7. The van der Waals surface area contributed by atoms with Gasteiger partial charge in [-0.3, -0.25) is 4.79 Å². The maximum absolute atomic E-state index is 11.9. The molecule has 1 fully saturated rings. The molecule has 1 amide bonds. The molecule has 0 aliphatic carbocycles. The van der Waals surface area contributed by atoms with E-state index in [4.69, 9.17) is 23.2 Å². The molecule has 7 heteroatoms. The molecule has 5 nitrogen and oxygen atoms in total. The lowest BCUT2D eigenvalue weighted by atomic mass is 10.0. The molecule has 1 aromatic heterocycles. The minimum absolute atomic E-state index is 0.0141. The van der Waals surface area contributed by atoms with Gasteiger partial charge in [-0.2, -0.15) is 0 Å². The van der Waals surface area contributed by atoms with Crippen LogP contribution >= 0.6 is 23.2 Å². The van der Waals surface area contributed by atoms with E-state index in [-0.39, 0.29) is 22.4 Å². The monoisotopic (exact) mass is 274 g/mol. The van der Waals surface area contributed by atoms with Crippen LogP contribution in [0.4, 0.5) is 5.82 Å². The van der Waals surface area contributed by atoms with Gasteiger partial charge in [-0.15, -0.1) is 0 Å². The van der Waals surface area contributed by atoms with Crippen molar-refractivity contribution in [1.82, 2.24) is 15.3 Å². The highest BCUT2D eigenvalue weighted by Crippen LogP contribution is 2.18. The fourth-order valence-electron chi connectivity index (χ4n) is 1.84. The largest absolute Gasteiger partial charge is 0.309 e. The summed E-state index contributed by atoms with van der Waals surface area (Å²) in [6.07, 6.45) is 0.989. The maximum atomic E-state index is 11.9. The Kier molecular flexibility index (Phi) is 3.81. The Morgan fingerprint density at radius 3 is 2.88 bits per heavy atom. The number of aromatic nitrogens is 2. The topological polar surface area (TPSA) is 66.9 Å². The number of nitrogens with one attached hydrogen (secondary N) is 2. The zero-order valence-electron chi connectivity index (χ0n) is 9.20. The van der Waals surface area contributed by atoms with Gasteiger partial charge in [0.1, 0.15) is 11.0 Å². The highest BCUT2D eigenvalue weighted by atomic mass is 35.5. The Bertz CT molecular complexity index is 420. The lowest BCUT2D eigenvalue weighted by molar-refractivity contribution is -0.118. The van der Waals surface area contributed by atoms with Crippen LogP contribution in [0.2, 0.25) is 10.4 Å². The predicted octanol–water partition coefficient (Wildman–Crippen LogP) is 1.72. The van der Waals surface area contributed by atoms with E-state index in [2.05, 4.69) is 20.6 Å². The van der Waals surface area contributed by atoms with Crippen molar-refractivity contribution in [3.8, 4) is 0 Å². The second kappa shape index (κ2) is 5.16. The molecule has 17 heavy (non-hydrogen) atoms. The van der Waals surface area contributed by atoms with E-state index in [9.17, 15) is 4.79 Å². The van der Waals surface area contributed by atoms with Gasteiger partial charge in [0.15, 0.2) is 0 Å². The molecule has 0 spiro atoms. The molecule has 0 bridgehead atoms. The Balaban J connectivity index is 2.07. The molecule has 92 valence electrons. The van der Waals surface area contributed by atoms with Crippen molar-refractivity contribution in [1.29, 1.82) is 0 Å². The molecule has 0 aromatic carbocycles. The summed E-state index contributed by atoms with van der Waals surface area (Å²) in [5.74, 6) is 0.504. The third-order valence-corrected chi connectivity index (χ3v) is 3.10. The van der Waals surface area contributed by atoms with Crippen LogP contribution < -0.4 is 10.6 Å². The first-order valence-electron chi connectivity index (χ1n) is 5.30. The summed E-state index contributed by atoms with van der Waals surface area (Å²) in [5.41, 5.74) is 0. The Morgan fingerprint density at radius 2 is 2.29 bits per heavy atom. The molecule has 2 N–H and O–H groups in total. The summed E-state index contributed by atoms with van der Waals surface area (Å²) >= 11 is 11.4. The van der Waals surface area contributed by atoms with Gasteiger partial charge in [-0.1, -0.05) is 18.5 Å². The minimum atomic E-state index is -0.192. The standard InChI is InChI=1S/C10H12Cl2N4O/c1-5-2-3-13-8(5)9(17)15-7-4-6(11)14-10(12)16-7/h4-5,8,13H,2-3H2,1H3,(H,14,15,16,17). The smallest absolute Gasteiger partial charge is 0.242 e. The zero-order valence-corrected chi connectivity index (χ0v) is 10.7. The fourth-order valence-corrected chi connectivity index (χ4v) is 2.25. The van der Waals surface area contributed by atoms with Gasteiger partial charge < -0.3 is 10.6 Å². The molecule has 2 heterocycles. The SMILES string of the molecule is CC1CCNC1C(=O)Nc1cc(Cl)nc(Cl)n1. The van der Waals surface area contributed by atoms with Gasteiger partial charge in [-0.05, 0) is 30.5 Å². The Labute approximate surface area is 109 Å². The number of rotatable bonds is 2. The Morgan fingerprint density at radius 1 is 1.53 bits per heavy atom. The maximum Gasteiger partial charge on any atom is 0.242 e. The van der Waals surface area contributed by atoms with Crippen molar-refractivity contribution < 1.29 is 4.79 Å². The fraction of sp³-hybridized carbons (Fsp3) is 0.500. The molecular formula is C10H12Cl2N4O. The van der Waals surface area contributed by atoms with Gasteiger partial charge in [0.2, 0.25) is 11.2 Å². The van der Waals surface area contributed by atoms with Gasteiger partial charge in [0, 0.05) is 6.07 Å². The number of carbonyl (C=O) groups is 1. The highest BCUT2D eigenvalue weighted by molar-refractivity contribution is 6.32. The second-order valence-corrected chi connectivity index (χ2v) is 4.76. The third kappa shape index (κ3) is 3.06. The van der Waals surface area contributed by atoms with Crippen LogP contribution in [0.25, 0.3) is 0 Å². The van der Waals surface area contributed by atoms with Gasteiger partial charge in [0.05, 0.1) is 6.04 Å². The number of nitrogens with zero attached hydrogens (tertiary/aromatic N) is 2. The second-order valence-electron chi connectivity index (χ2n) is 4.03. The van der Waals surface area contributed by atoms with Crippen molar-refractivity contribution in [3.05, 3.63) is 16.5 Å². The summed E-state index contributed by atoms with van der Waals surface area (Å²) in [5, 5.41) is 6.02. The highest BCUT2D eigenvalue weighted by Gasteiger charge is 2.29. The van der Waals surface area contributed by atoms with Crippen LogP contribution in [0.15, 0.2) is 6.07 Å². The van der Waals surface area contributed by atoms with Crippen LogP contribution in [0.1, 0.15) is 13.3 Å². The van der Waals surface area contributed by atoms with Crippen molar-refractivity contribution in [2.24, 2.45) is 5.92 Å². The van der Waals surface area contributed by atoms with E-state index in [1.165, 1.54) is 6.07 Å². The molecule has 2 atom stereocenters. The molecule has 2 unspecified atom stereocenters. The molecule has 1 aliphatic heterocycles. The minimum Gasteiger partial charge on any atom is -0.309 e. The zero-order chi connectivity index (χ0) is 12.4. The average Bonchev–Trinajstić information content (AvgIpc) is 2.62. The molecule has 1 saturated heterocycles. The first-order valence-corrected chi connectivity index (χ1v) is 6.06. The number of halogens is 2. The number of carbonyl (C=O) groups excluding carboxylic acids is 1. The summed E-state index contributed by atoms with van der Waals surface area (Å²) in [7, 11) is 0. The molecular weight excluding hydrogens is 263 g/mol. The summed E-state index contributed by atoms with van der Waals surface area (Å²) in [4.78, 5) is 19.5. The molecule has 0 saturated carbocycles. The first kappa shape index (κ1) is 12.5. The van der Waals surface area contributed by atoms with E-state index in [0.717, 1.165) is 13.0 Å². The lowest BCUT2D eigenvalue weighted by Gasteiger charge is -2.14. The van der Waals surface area contributed by atoms with Crippen molar-refractivity contribution in [2.45, 2.75) is 19.4 Å². The Hall–Kier alpha value is -0.910. The average molecular weight is 275 g/mol. The van der Waals surface area contributed by atoms with E-state index in [0.29, 0.717) is 11.7 Å². The van der Waals surface area contributed by atoms with E-state index >= 15 is 0 Å². The van der Waals surface area contributed by atoms with Gasteiger partial charge in [-0.25, -0.2) is 9.97 Å². The van der Waals surface area contributed by atoms with Gasteiger partial charge >= 0.3 is 0 Å². The van der Waals surface area contributed by atoms with Crippen LogP contribution in [0.3, 0.4) is 0 Å². The summed E-state index contributed by atoms with van der Waals surface area (Å²) in [6, 6.07) is 1.27. The van der Waals surface area contributed by atoms with Gasteiger partial charge in [0.25, 0.3) is 0 Å².